The largest absolute Gasteiger partial charge is 0.332 e. The molecule has 9 heteroatoms. The molecule has 1 rings (SSSR count). The van der Waals surface area contributed by atoms with Gasteiger partial charge in [-0.2, -0.15) is 8.42 Å². The van der Waals surface area contributed by atoms with Gasteiger partial charge in [0.05, 0.1) is 6.42 Å². The molecule has 0 aromatic heterocycles. The van der Waals surface area contributed by atoms with Crippen molar-refractivity contribution in [3.63, 3.8) is 0 Å². The van der Waals surface area contributed by atoms with Gasteiger partial charge in [-0.3, -0.25) is 14.1 Å². The van der Waals surface area contributed by atoms with Crippen LogP contribution in [-0.2, 0) is 29.3 Å². The highest BCUT2D eigenvalue weighted by Crippen LogP contribution is 2.19. The number of rotatable bonds is 3. The molecule has 1 fully saturated rings. The molecule has 0 aromatic carbocycles. The number of carbonyl (C=O) groups excluding carboxylic acids is 3. The van der Waals surface area contributed by atoms with Gasteiger partial charge in [0.25, 0.3) is 21.9 Å². The predicted molar refractivity (Wildman–Crippen MR) is 48.2 cm³/mol. The molecule has 8 nitrogen and oxygen atoms in total. The van der Waals surface area contributed by atoms with E-state index in [-0.39, 0.29) is 11.5 Å². The lowest BCUT2D eigenvalue weighted by atomic mass is 10.4. The maximum Gasteiger partial charge on any atom is 0.332 e. The fraction of sp³-hybridized carbons (Fsp3) is 0.571. The average molecular weight is 251 g/mol. The van der Waals surface area contributed by atoms with Crippen LogP contribution in [-0.4, -0.2) is 41.1 Å². The smallest absolute Gasteiger partial charge is 0.330 e. The van der Waals surface area contributed by atoms with Crippen molar-refractivity contribution in [3.05, 3.63) is 0 Å². The molecule has 1 aliphatic heterocycles. The van der Waals surface area contributed by atoms with Crippen molar-refractivity contribution in [3.8, 4) is 0 Å². The molecule has 0 saturated carbocycles. The van der Waals surface area contributed by atoms with E-state index >= 15 is 0 Å². The van der Waals surface area contributed by atoms with E-state index in [0.29, 0.717) is 0 Å². The molecule has 1 aliphatic rings. The van der Waals surface area contributed by atoms with Crippen LogP contribution in [0.5, 0.6) is 0 Å². The number of amides is 2. The minimum atomic E-state index is -4.66. The van der Waals surface area contributed by atoms with Crippen LogP contribution in [0.15, 0.2) is 0 Å². The van der Waals surface area contributed by atoms with Crippen molar-refractivity contribution in [2.75, 3.05) is 0 Å². The standard InChI is InChI=1S/C7H9NO7S/c1-2-6(10)15-8-5(9)3-4(7(8)11)16(12,13)14/h4H,2-3H2,1H3,(H,12,13,14). The molecule has 0 radical (unpaired) electrons. The van der Waals surface area contributed by atoms with Gasteiger partial charge in [0.15, 0.2) is 5.25 Å². The van der Waals surface area contributed by atoms with Crippen molar-refractivity contribution in [2.45, 2.75) is 25.0 Å². The van der Waals surface area contributed by atoms with Gasteiger partial charge in [-0.25, -0.2) is 4.79 Å². The second kappa shape index (κ2) is 4.18. The number of hydrogen-bond acceptors (Lipinski definition) is 6. The Labute approximate surface area is 90.9 Å². The summed E-state index contributed by atoms with van der Waals surface area (Å²) in [5.41, 5.74) is 0. The Bertz CT molecular complexity index is 440. The van der Waals surface area contributed by atoms with Crippen LogP contribution in [0.1, 0.15) is 19.8 Å². The molecule has 1 saturated heterocycles. The van der Waals surface area contributed by atoms with Crippen molar-refractivity contribution < 1.29 is 32.2 Å². The lowest BCUT2D eigenvalue weighted by molar-refractivity contribution is -0.197. The Hall–Kier alpha value is -1.48. The first-order chi connectivity index (χ1) is 7.27. The van der Waals surface area contributed by atoms with E-state index in [1.165, 1.54) is 6.92 Å². The monoisotopic (exact) mass is 251 g/mol. The fourth-order valence-corrected chi connectivity index (χ4v) is 1.78. The third-order valence-electron chi connectivity index (χ3n) is 1.90. The van der Waals surface area contributed by atoms with Crippen LogP contribution in [0.25, 0.3) is 0 Å². The van der Waals surface area contributed by atoms with Gasteiger partial charge in [-0.05, 0) is 0 Å². The average Bonchev–Trinajstić information content (AvgIpc) is 2.44. The molecule has 0 aliphatic carbocycles. The maximum absolute atomic E-state index is 11.3. The second-order valence-corrected chi connectivity index (χ2v) is 4.65. The summed E-state index contributed by atoms with van der Waals surface area (Å²) in [4.78, 5) is 37.6. The van der Waals surface area contributed by atoms with E-state index < -0.39 is 39.6 Å². The SMILES string of the molecule is CCC(=O)ON1C(=O)CC(S(=O)(=O)O)C1=O. The van der Waals surface area contributed by atoms with Crippen molar-refractivity contribution in [1.29, 1.82) is 0 Å². The van der Waals surface area contributed by atoms with Gasteiger partial charge in [0.2, 0.25) is 0 Å². The Morgan fingerprint density at radius 3 is 2.50 bits per heavy atom. The molecular weight excluding hydrogens is 242 g/mol. The zero-order chi connectivity index (χ0) is 12.5. The lowest BCUT2D eigenvalue weighted by Crippen LogP contribution is -2.36. The highest BCUT2D eigenvalue weighted by Gasteiger charge is 2.48. The van der Waals surface area contributed by atoms with Gasteiger partial charge in [-0.1, -0.05) is 6.92 Å². The van der Waals surface area contributed by atoms with Crippen LogP contribution in [0.4, 0.5) is 0 Å². The van der Waals surface area contributed by atoms with Crippen molar-refractivity contribution in [2.24, 2.45) is 0 Å². The summed E-state index contributed by atoms with van der Waals surface area (Å²) < 4.78 is 30.1. The molecule has 1 atom stereocenters. The summed E-state index contributed by atoms with van der Waals surface area (Å²) in [6.07, 6.45) is -0.803. The number of nitrogens with zero attached hydrogens (tertiary/aromatic N) is 1. The molecule has 16 heavy (non-hydrogen) atoms. The Balaban J connectivity index is 2.88. The topological polar surface area (TPSA) is 118 Å². The first-order valence-corrected chi connectivity index (χ1v) is 5.81. The molecule has 90 valence electrons. The fourth-order valence-electron chi connectivity index (χ4n) is 1.08. The van der Waals surface area contributed by atoms with E-state index in [9.17, 15) is 22.8 Å². The normalized spacial score (nSPS) is 21.4. The second-order valence-electron chi connectivity index (χ2n) is 3.05. The first-order valence-electron chi connectivity index (χ1n) is 4.31. The van der Waals surface area contributed by atoms with Gasteiger partial charge in [0, 0.05) is 6.42 Å². The summed E-state index contributed by atoms with van der Waals surface area (Å²) in [6.45, 7) is 1.44. The number of hydrogen-bond donors (Lipinski definition) is 1. The van der Waals surface area contributed by atoms with Crippen LogP contribution in [0.3, 0.4) is 0 Å². The maximum atomic E-state index is 11.3. The number of carbonyl (C=O) groups is 3. The molecule has 2 amide bonds. The first kappa shape index (κ1) is 12.6. The van der Waals surface area contributed by atoms with Crippen LogP contribution in [0.2, 0.25) is 0 Å². The minimum absolute atomic E-state index is 0.0737. The molecule has 1 N–H and O–H groups in total. The van der Waals surface area contributed by atoms with Crippen LogP contribution >= 0.6 is 0 Å². The van der Waals surface area contributed by atoms with Crippen molar-refractivity contribution in [1.82, 2.24) is 5.06 Å². The molecular formula is C7H9NO7S. The number of imide groups is 1. The number of hydroxylamine groups is 2. The molecule has 0 spiro atoms. The molecule has 0 bridgehead atoms. The Morgan fingerprint density at radius 1 is 1.56 bits per heavy atom. The van der Waals surface area contributed by atoms with E-state index in [2.05, 4.69) is 4.84 Å². The summed E-state index contributed by atoms with van der Waals surface area (Å²) in [7, 11) is -4.66. The van der Waals surface area contributed by atoms with E-state index in [0.717, 1.165) is 0 Å². The molecule has 0 aromatic rings. The molecule has 1 heterocycles. The molecule has 1 unspecified atom stereocenters. The van der Waals surface area contributed by atoms with Gasteiger partial charge in [-0.15, -0.1) is 5.06 Å². The zero-order valence-corrected chi connectivity index (χ0v) is 9.06. The highest BCUT2D eigenvalue weighted by molar-refractivity contribution is 7.87. The third kappa shape index (κ3) is 2.36. The highest BCUT2D eigenvalue weighted by atomic mass is 32.2. The van der Waals surface area contributed by atoms with E-state index in [4.69, 9.17) is 4.55 Å². The van der Waals surface area contributed by atoms with Crippen molar-refractivity contribution >= 4 is 27.9 Å². The Morgan fingerprint density at radius 2 is 2.12 bits per heavy atom. The Kier molecular flexibility index (Phi) is 3.29. The van der Waals surface area contributed by atoms with E-state index in [1.807, 2.05) is 0 Å². The summed E-state index contributed by atoms with van der Waals surface area (Å²) in [5, 5.41) is -1.81. The van der Waals surface area contributed by atoms with Gasteiger partial charge >= 0.3 is 5.97 Å². The summed E-state index contributed by atoms with van der Waals surface area (Å²) >= 11 is 0. The van der Waals surface area contributed by atoms with Crippen LogP contribution < -0.4 is 0 Å². The minimum Gasteiger partial charge on any atom is -0.330 e. The van der Waals surface area contributed by atoms with Crippen LogP contribution in [0, 0.1) is 0 Å². The summed E-state index contributed by atoms with van der Waals surface area (Å²) in [5.74, 6) is -3.08. The predicted octanol–water partition coefficient (Wildman–Crippen LogP) is -1.13. The van der Waals surface area contributed by atoms with E-state index in [1.54, 1.807) is 0 Å². The summed E-state index contributed by atoms with van der Waals surface area (Å²) in [6, 6.07) is 0. The van der Waals surface area contributed by atoms with Gasteiger partial charge in [0.1, 0.15) is 0 Å². The van der Waals surface area contributed by atoms with Gasteiger partial charge < -0.3 is 4.84 Å². The zero-order valence-electron chi connectivity index (χ0n) is 8.24. The third-order valence-corrected chi connectivity index (χ3v) is 2.99. The quantitative estimate of drug-likeness (QED) is 0.498. The lowest BCUT2D eigenvalue weighted by Gasteiger charge is -2.12.